The maximum atomic E-state index is 13.2. The largest absolute Gasteiger partial charge is 0.392 e. The second kappa shape index (κ2) is 7.90. The lowest BCUT2D eigenvalue weighted by Gasteiger charge is -2.03. The van der Waals surface area contributed by atoms with Crippen molar-refractivity contribution >= 4 is 5.52 Å². The van der Waals surface area contributed by atoms with Crippen LogP contribution in [-0.2, 0) is 13.2 Å². The van der Waals surface area contributed by atoms with Gasteiger partial charge in [0.1, 0.15) is 12.1 Å². The van der Waals surface area contributed by atoms with Gasteiger partial charge < -0.3 is 14.2 Å². The normalized spacial score (nSPS) is 11.3. The van der Waals surface area contributed by atoms with Crippen molar-refractivity contribution in [3.8, 4) is 22.6 Å². The topological polar surface area (TPSA) is 98.5 Å². The van der Waals surface area contributed by atoms with E-state index in [9.17, 15) is 9.90 Å². The molecule has 8 nitrogen and oxygen atoms in total. The highest BCUT2D eigenvalue weighted by Crippen LogP contribution is 2.25. The van der Waals surface area contributed by atoms with Crippen molar-refractivity contribution in [2.45, 2.75) is 27.0 Å². The molecule has 160 valence electrons. The molecule has 0 aliphatic carbocycles. The molecule has 8 heteroatoms. The fourth-order valence-corrected chi connectivity index (χ4v) is 3.73. The van der Waals surface area contributed by atoms with Crippen LogP contribution >= 0.6 is 0 Å². The van der Waals surface area contributed by atoms with Gasteiger partial charge in [-0.25, -0.2) is 4.52 Å². The number of aliphatic hydroxyl groups excluding tert-OH is 1. The average Bonchev–Trinajstić information content (AvgIpc) is 3.41. The number of nitrogens with zero attached hydrogens (tertiary/aromatic N) is 5. The fourth-order valence-electron chi connectivity index (χ4n) is 3.73. The Morgan fingerprint density at radius 2 is 1.81 bits per heavy atom. The summed E-state index contributed by atoms with van der Waals surface area (Å²) in [5, 5.41) is 18.6. The molecule has 0 aliphatic heterocycles. The lowest BCUT2D eigenvalue weighted by atomic mass is 10.1. The summed E-state index contributed by atoms with van der Waals surface area (Å²) in [5.74, 6) is 0.789. The fraction of sp³-hybridized carbons (Fsp3) is 0.167. The molecule has 0 saturated carbocycles. The van der Waals surface area contributed by atoms with Crippen molar-refractivity contribution in [3.63, 3.8) is 0 Å². The first kappa shape index (κ1) is 19.9. The molecule has 0 saturated heterocycles. The van der Waals surface area contributed by atoms with Crippen molar-refractivity contribution in [2.75, 3.05) is 0 Å². The number of rotatable bonds is 5. The van der Waals surface area contributed by atoms with Gasteiger partial charge in [-0.15, -0.1) is 0 Å². The van der Waals surface area contributed by atoms with Crippen LogP contribution in [-0.4, -0.2) is 29.4 Å². The molecule has 3 heterocycles. The molecule has 3 aromatic heterocycles. The lowest BCUT2D eigenvalue weighted by Crippen LogP contribution is -2.22. The number of hydrogen-bond donors (Lipinski definition) is 1. The Morgan fingerprint density at radius 1 is 1.00 bits per heavy atom. The monoisotopic (exact) mass is 427 g/mol. The molecule has 5 rings (SSSR count). The predicted molar refractivity (Wildman–Crippen MR) is 119 cm³/mol. The van der Waals surface area contributed by atoms with Gasteiger partial charge in [0, 0.05) is 29.1 Å². The molecule has 0 spiro atoms. The number of benzene rings is 2. The first-order chi connectivity index (χ1) is 15.5. The van der Waals surface area contributed by atoms with Crippen LogP contribution in [0, 0.1) is 13.8 Å². The molecule has 0 atom stereocenters. The molecule has 0 radical (unpaired) electrons. The summed E-state index contributed by atoms with van der Waals surface area (Å²) >= 11 is 0. The molecular weight excluding hydrogens is 406 g/mol. The maximum Gasteiger partial charge on any atom is 0.277 e. The Morgan fingerprint density at radius 3 is 2.56 bits per heavy atom. The van der Waals surface area contributed by atoms with Gasteiger partial charge in [0.15, 0.2) is 0 Å². The van der Waals surface area contributed by atoms with Crippen LogP contribution < -0.4 is 5.56 Å². The molecule has 2 aromatic carbocycles. The van der Waals surface area contributed by atoms with Gasteiger partial charge in [0.2, 0.25) is 11.7 Å². The number of hydrogen-bond acceptors (Lipinski definition) is 6. The van der Waals surface area contributed by atoms with Crippen LogP contribution in [0.3, 0.4) is 0 Å². The van der Waals surface area contributed by atoms with Crippen LogP contribution in [0.25, 0.3) is 28.2 Å². The van der Waals surface area contributed by atoms with E-state index in [1.807, 2.05) is 62.4 Å². The zero-order valence-electron chi connectivity index (χ0n) is 17.7. The number of fused-ring (bicyclic) bond motifs is 1. The molecule has 1 N–H and O–H groups in total. The van der Waals surface area contributed by atoms with E-state index in [1.54, 1.807) is 12.4 Å². The minimum Gasteiger partial charge on any atom is -0.392 e. The van der Waals surface area contributed by atoms with Crippen molar-refractivity contribution in [2.24, 2.45) is 0 Å². The first-order valence-corrected chi connectivity index (χ1v) is 10.2. The van der Waals surface area contributed by atoms with Gasteiger partial charge in [0.05, 0.1) is 12.3 Å². The third-order valence-electron chi connectivity index (χ3n) is 5.39. The second-order valence-corrected chi connectivity index (χ2v) is 7.76. The van der Waals surface area contributed by atoms with Gasteiger partial charge in [-0.1, -0.05) is 58.7 Å². The summed E-state index contributed by atoms with van der Waals surface area (Å²) in [6.07, 6.45) is 3.31. The summed E-state index contributed by atoms with van der Waals surface area (Å²) in [6.45, 7) is 3.81. The summed E-state index contributed by atoms with van der Waals surface area (Å²) in [6, 6.07) is 15.6. The van der Waals surface area contributed by atoms with Crippen molar-refractivity contribution in [3.05, 3.63) is 93.9 Å². The van der Waals surface area contributed by atoms with Crippen molar-refractivity contribution in [1.29, 1.82) is 0 Å². The van der Waals surface area contributed by atoms with E-state index in [0.29, 0.717) is 28.5 Å². The van der Waals surface area contributed by atoms with Gasteiger partial charge in [-0.2, -0.15) is 10.1 Å². The predicted octanol–water partition coefficient (Wildman–Crippen LogP) is 3.37. The standard InChI is InChI=1S/C24H21N5O3/c1-15-6-8-17(9-7-15)21-19(14-30)22-24(31)28(10-11-29(22)26-21)13-20-25-23(27-32-20)18-5-3-4-16(2)12-18/h3-12,30H,13-14H2,1-2H3. The van der Waals surface area contributed by atoms with Gasteiger partial charge in [-0.05, 0) is 19.9 Å². The Hall–Kier alpha value is -4.04. The van der Waals surface area contributed by atoms with E-state index < -0.39 is 0 Å². The quantitative estimate of drug-likeness (QED) is 0.462. The van der Waals surface area contributed by atoms with Crippen LogP contribution in [0.1, 0.15) is 22.6 Å². The van der Waals surface area contributed by atoms with E-state index in [-0.39, 0.29) is 18.7 Å². The Kier molecular flexibility index (Phi) is 4.91. The van der Waals surface area contributed by atoms with E-state index in [0.717, 1.165) is 22.3 Å². The summed E-state index contributed by atoms with van der Waals surface area (Å²) in [4.78, 5) is 17.7. The summed E-state index contributed by atoms with van der Waals surface area (Å²) < 4.78 is 8.36. The molecule has 0 amide bonds. The zero-order chi connectivity index (χ0) is 22.2. The van der Waals surface area contributed by atoms with Crippen LogP contribution in [0.2, 0.25) is 0 Å². The van der Waals surface area contributed by atoms with Crippen LogP contribution in [0.5, 0.6) is 0 Å². The van der Waals surface area contributed by atoms with E-state index in [4.69, 9.17) is 4.52 Å². The zero-order valence-corrected chi connectivity index (χ0v) is 17.7. The molecule has 0 fully saturated rings. The maximum absolute atomic E-state index is 13.2. The number of aromatic nitrogens is 5. The number of aliphatic hydroxyl groups is 1. The molecule has 0 unspecified atom stereocenters. The molecule has 0 aliphatic rings. The van der Waals surface area contributed by atoms with Crippen molar-refractivity contribution in [1.82, 2.24) is 24.3 Å². The molecular formula is C24H21N5O3. The Labute approximate surface area is 183 Å². The van der Waals surface area contributed by atoms with E-state index >= 15 is 0 Å². The Balaban J connectivity index is 1.53. The number of aryl methyl sites for hydroxylation is 2. The molecule has 0 bridgehead atoms. The molecule has 5 aromatic rings. The third kappa shape index (κ3) is 3.50. The highest BCUT2D eigenvalue weighted by atomic mass is 16.5. The van der Waals surface area contributed by atoms with E-state index in [2.05, 4.69) is 15.2 Å². The minimum absolute atomic E-state index is 0.115. The highest BCUT2D eigenvalue weighted by molar-refractivity contribution is 5.72. The minimum atomic E-state index is -0.302. The van der Waals surface area contributed by atoms with Gasteiger partial charge >= 0.3 is 0 Å². The van der Waals surface area contributed by atoms with E-state index in [1.165, 1.54) is 9.08 Å². The SMILES string of the molecule is Cc1ccc(-c2nn3ccn(Cc4nc(-c5cccc(C)c5)no4)c(=O)c3c2CO)cc1. The van der Waals surface area contributed by atoms with Crippen molar-refractivity contribution < 1.29 is 9.63 Å². The first-order valence-electron chi connectivity index (χ1n) is 10.2. The molecule has 32 heavy (non-hydrogen) atoms. The summed E-state index contributed by atoms with van der Waals surface area (Å²) in [5.41, 5.74) is 5.01. The highest BCUT2D eigenvalue weighted by Gasteiger charge is 2.19. The summed E-state index contributed by atoms with van der Waals surface area (Å²) in [7, 11) is 0. The Bertz CT molecular complexity index is 1480. The third-order valence-corrected chi connectivity index (χ3v) is 5.39. The van der Waals surface area contributed by atoms with Gasteiger partial charge in [-0.3, -0.25) is 4.79 Å². The van der Waals surface area contributed by atoms with Crippen LogP contribution in [0.15, 0.2) is 70.2 Å². The second-order valence-electron chi connectivity index (χ2n) is 7.76. The lowest BCUT2D eigenvalue weighted by molar-refractivity contribution is 0.283. The smallest absolute Gasteiger partial charge is 0.277 e. The average molecular weight is 427 g/mol. The van der Waals surface area contributed by atoms with Crippen LogP contribution in [0.4, 0.5) is 0 Å². The van der Waals surface area contributed by atoms with Gasteiger partial charge in [0.25, 0.3) is 5.56 Å².